The van der Waals surface area contributed by atoms with Gasteiger partial charge in [-0.2, -0.15) is 0 Å². The molecule has 6 heteroatoms. The number of hydrogen-bond donors (Lipinski definition) is 0. The summed E-state index contributed by atoms with van der Waals surface area (Å²) in [6, 6.07) is 1.62. The minimum atomic E-state index is -2.42. The van der Waals surface area contributed by atoms with Crippen LogP contribution in [0.1, 0.15) is 5.56 Å². The van der Waals surface area contributed by atoms with Crippen LogP contribution in [0.4, 0.5) is 14.6 Å². The second-order valence-electron chi connectivity index (χ2n) is 3.05. The highest BCUT2D eigenvalue weighted by Crippen LogP contribution is 2.24. The summed E-state index contributed by atoms with van der Waals surface area (Å²) in [7, 11) is 1.51. The van der Waals surface area contributed by atoms with E-state index in [2.05, 4.69) is 4.98 Å². The number of alkyl halides is 3. The van der Waals surface area contributed by atoms with Crippen molar-refractivity contribution in [2.75, 3.05) is 18.5 Å². The number of anilines is 1. The quantitative estimate of drug-likeness (QED) is 0.768. The molecule has 0 fully saturated rings. The maximum atomic E-state index is 12.1. The van der Waals surface area contributed by atoms with Crippen molar-refractivity contribution in [3.63, 3.8) is 0 Å². The van der Waals surface area contributed by atoms with Gasteiger partial charge in [0.2, 0.25) is 0 Å². The standard InChI is InChI=1S/C9H10Cl2F2N2/c1-15(5-8(12)13)9-7(11)2-6(3-10)4-14-9/h2,4,8H,3,5H2,1H3. The van der Waals surface area contributed by atoms with Gasteiger partial charge in [0.25, 0.3) is 6.43 Å². The van der Waals surface area contributed by atoms with E-state index in [9.17, 15) is 8.78 Å². The molecule has 0 aliphatic rings. The van der Waals surface area contributed by atoms with Crippen molar-refractivity contribution in [1.29, 1.82) is 0 Å². The maximum absolute atomic E-state index is 12.1. The Bertz CT molecular complexity index is 334. The van der Waals surface area contributed by atoms with Gasteiger partial charge in [-0.15, -0.1) is 11.6 Å². The molecule has 15 heavy (non-hydrogen) atoms. The highest BCUT2D eigenvalue weighted by Gasteiger charge is 2.12. The molecule has 0 aliphatic carbocycles. The van der Waals surface area contributed by atoms with Gasteiger partial charge in [-0.3, -0.25) is 0 Å². The number of pyridine rings is 1. The van der Waals surface area contributed by atoms with Crippen LogP contribution >= 0.6 is 23.2 Å². The first kappa shape index (κ1) is 12.5. The summed E-state index contributed by atoms with van der Waals surface area (Å²) in [5, 5.41) is 0.330. The van der Waals surface area contributed by atoms with E-state index in [0.29, 0.717) is 16.7 Å². The molecule has 0 N–H and O–H groups in total. The molecule has 1 aromatic heterocycles. The first-order valence-corrected chi connectivity index (χ1v) is 5.15. The Balaban J connectivity index is 2.85. The SMILES string of the molecule is CN(CC(F)F)c1ncc(CCl)cc1Cl. The van der Waals surface area contributed by atoms with E-state index < -0.39 is 13.0 Å². The molecule has 1 heterocycles. The van der Waals surface area contributed by atoms with Gasteiger partial charge in [-0.05, 0) is 11.6 Å². The summed E-state index contributed by atoms with van der Waals surface area (Å²) in [6.45, 7) is -0.396. The van der Waals surface area contributed by atoms with Crippen molar-refractivity contribution in [3.05, 3.63) is 22.8 Å². The van der Waals surface area contributed by atoms with Gasteiger partial charge in [0.1, 0.15) is 5.82 Å². The third-order valence-electron chi connectivity index (χ3n) is 1.81. The number of nitrogens with zero attached hydrogens (tertiary/aromatic N) is 2. The van der Waals surface area contributed by atoms with E-state index in [1.54, 1.807) is 6.07 Å². The Kier molecular flexibility index (Phi) is 4.54. The van der Waals surface area contributed by atoms with Gasteiger partial charge in [0.15, 0.2) is 0 Å². The van der Waals surface area contributed by atoms with Crippen LogP contribution in [0.3, 0.4) is 0 Å². The summed E-state index contributed by atoms with van der Waals surface area (Å²) in [5.74, 6) is 0.636. The number of halogens is 4. The van der Waals surface area contributed by atoms with Crippen molar-refractivity contribution in [2.24, 2.45) is 0 Å². The lowest BCUT2D eigenvalue weighted by atomic mass is 10.3. The third-order valence-corrected chi connectivity index (χ3v) is 2.39. The fourth-order valence-corrected chi connectivity index (χ4v) is 1.60. The van der Waals surface area contributed by atoms with Crippen LogP contribution in [0.15, 0.2) is 12.3 Å². The van der Waals surface area contributed by atoms with Gasteiger partial charge < -0.3 is 4.90 Å². The number of rotatable bonds is 4. The van der Waals surface area contributed by atoms with E-state index in [1.807, 2.05) is 0 Å². The van der Waals surface area contributed by atoms with E-state index in [0.717, 1.165) is 5.56 Å². The smallest absolute Gasteiger partial charge is 0.255 e. The molecule has 0 unspecified atom stereocenters. The number of aromatic nitrogens is 1. The van der Waals surface area contributed by atoms with Crippen LogP contribution in [-0.4, -0.2) is 25.0 Å². The van der Waals surface area contributed by atoms with Crippen LogP contribution in [0.5, 0.6) is 0 Å². The van der Waals surface area contributed by atoms with Crippen molar-refractivity contribution >= 4 is 29.0 Å². The lowest BCUT2D eigenvalue weighted by Gasteiger charge is -2.18. The molecular formula is C9H10Cl2F2N2. The first-order chi connectivity index (χ1) is 7.04. The summed E-state index contributed by atoms with van der Waals surface area (Å²) in [6.07, 6.45) is -0.892. The Hall–Kier alpha value is -0.610. The van der Waals surface area contributed by atoms with E-state index in [4.69, 9.17) is 23.2 Å². The second-order valence-corrected chi connectivity index (χ2v) is 3.73. The summed E-state index contributed by atoms with van der Waals surface area (Å²) in [5.41, 5.74) is 0.760. The van der Waals surface area contributed by atoms with E-state index >= 15 is 0 Å². The predicted molar refractivity (Wildman–Crippen MR) is 58.1 cm³/mol. The molecule has 2 nitrogen and oxygen atoms in total. The molecule has 0 aromatic carbocycles. The van der Waals surface area contributed by atoms with Gasteiger partial charge in [0, 0.05) is 19.1 Å². The fraction of sp³-hybridized carbons (Fsp3) is 0.444. The van der Waals surface area contributed by atoms with Crippen molar-refractivity contribution in [2.45, 2.75) is 12.3 Å². The molecule has 0 atom stereocenters. The molecule has 0 spiro atoms. The molecular weight excluding hydrogens is 245 g/mol. The van der Waals surface area contributed by atoms with Gasteiger partial charge in [-0.1, -0.05) is 11.6 Å². The average Bonchev–Trinajstić information content (AvgIpc) is 2.16. The van der Waals surface area contributed by atoms with Crippen LogP contribution in [-0.2, 0) is 5.88 Å². The molecule has 84 valence electrons. The van der Waals surface area contributed by atoms with Gasteiger partial charge in [-0.25, -0.2) is 13.8 Å². The Morgan fingerprint density at radius 2 is 2.20 bits per heavy atom. The Labute approximate surface area is 96.8 Å². The number of hydrogen-bond acceptors (Lipinski definition) is 2. The van der Waals surface area contributed by atoms with Crippen LogP contribution < -0.4 is 4.90 Å². The van der Waals surface area contributed by atoms with Crippen LogP contribution in [0.25, 0.3) is 0 Å². The van der Waals surface area contributed by atoms with Crippen LogP contribution in [0, 0.1) is 0 Å². The molecule has 0 bridgehead atoms. The summed E-state index contributed by atoms with van der Waals surface area (Å²) < 4.78 is 24.2. The highest BCUT2D eigenvalue weighted by atomic mass is 35.5. The third kappa shape index (κ3) is 3.47. The minimum absolute atomic E-state index is 0.297. The zero-order chi connectivity index (χ0) is 11.4. The molecule has 0 aliphatic heterocycles. The van der Waals surface area contributed by atoms with Crippen LogP contribution in [0.2, 0.25) is 5.02 Å². The normalized spacial score (nSPS) is 10.8. The highest BCUT2D eigenvalue weighted by molar-refractivity contribution is 6.33. The van der Waals surface area contributed by atoms with E-state index in [-0.39, 0.29) is 0 Å². The molecule has 0 radical (unpaired) electrons. The minimum Gasteiger partial charge on any atom is -0.353 e. The summed E-state index contributed by atoms with van der Waals surface area (Å²) >= 11 is 11.5. The van der Waals surface area contributed by atoms with E-state index in [1.165, 1.54) is 18.1 Å². The molecule has 1 aromatic rings. The molecule has 0 saturated carbocycles. The van der Waals surface area contributed by atoms with Crippen molar-refractivity contribution < 1.29 is 8.78 Å². The zero-order valence-corrected chi connectivity index (χ0v) is 9.56. The lowest BCUT2D eigenvalue weighted by Crippen LogP contribution is -2.25. The lowest BCUT2D eigenvalue weighted by molar-refractivity contribution is 0.156. The molecule has 1 rings (SSSR count). The topological polar surface area (TPSA) is 16.1 Å². The summed E-state index contributed by atoms with van der Waals surface area (Å²) in [4.78, 5) is 5.29. The monoisotopic (exact) mass is 254 g/mol. The fourth-order valence-electron chi connectivity index (χ4n) is 1.12. The molecule has 0 saturated heterocycles. The maximum Gasteiger partial charge on any atom is 0.255 e. The van der Waals surface area contributed by atoms with Crippen molar-refractivity contribution in [1.82, 2.24) is 4.98 Å². The Morgan fingerprint density at radius 3 is 2.67 bits per heavy atom. The Morgan fingerprint density at radius 1 is 1.53 bits per heavy atom. The van der Waals surface area contributed by atoms with Gasteiger partial charge in [0.05, 0.1) is 11.6 Å². The first-order valence-electron chi connectivity index (χ1n) is 4.24. The molecule has 0 amide bonds. The average molecular weight is 255 g/mol. The van der Waals surface area contributed by atoms with Gasteiger partial charge >= 0.3 is 0 Å². The van der Waals surface area contributed by atoms with Crippen molar-refractivity contribution in [3.8, 4) is 0 Å². The predicted octanol–water partition coefficient (Wildman–Crippen LogP) is 3.18. The zero-order valence-electron chi connectivity index (χ0n) is 8.05. The largest absolute Gasteiger partial charge is 0.353 e. The second kappa shape index (κ2) is 5.47.